The maximum absolute atomic E-state index is 13.4. The van der Waals surface area contributed by atoms with Crippen LogP contribution in [0.15, 0.2) is 90.9 Å². The SMILES string of the molecule is O=C1C(NCCCCc2ccccc2)=C(c2ccccc2)S(=O)(=O)N1Cc1ccncc1. The number of unbranched alkanes of at least 4 members (excludes halogenated alkanes) is 1. The standard InChI is InChI=1S/C25H25N3O3S/c29-25-23(27-16-8-7-11-20-9-3-1-4-10-20)24(22-12-5-2-6-13-22)32(30,31)28(25)19-21-14-17-26-18-15-21/h1-6,9-10,12-15,17-18,27H,7-8,11,16,19H2. The van der Waals surface area contributed by atoms with Gasteiger partial charge >= 0.3 is 0 Å². The van der Waals surface area contributed by atoms with Gasteiger partial charge in [0.25, 0.3) is 15.9 Å². The minimum absolute atomic E-state index is 0.0286. The number of nitrogens with one attached hydrogen (secondary N) is 1. The van der Waals surface area contributed by atoms with Gasteiger partial charge in [-0.2, -0.15) is 0 Å². The molecule has 2 aromatic carbocycles. The molecule has 0 unspecified atom stereocenters. The summed E-state index contributed by atoms with van der Waals surface area (Å²) in [4.78, 5) is 17.2. The third-order valence-electron chi connectivity index (χ3n) is 5.36. The highest BCUT2D eigenvalue weighted by Gasteiger charge is 2.44. The number of hydrogen-bond donors (Lipinski definition) is 1. The Morgan fingerprint density at radius 3 is 2.16 bits per heavy atom. The lowest BCUT2D eigenvalue weighted by atomic mass is 10.1. The molecule has 0 spiro atoms. The first-order chi connectivity index (χ1) is 15.6. The monoisotopic (exact) mass is 447 g/mol. The fraction of sp³-hybridized carbons (Fsp3) is 0.200. The average Bonchev–Trinajstić information content (AvgIpc) is 3.00. The minimum Gasteiger partial charge on any atom is -0.379 e. The Labute approximate surface area is 188 Å². The van der Waals surface area contributed by atoms with Crippen molar-refractivity contribution in [1.82, 2.24) is 14.6 Å². The Balaban J connectivity index is 1.53. The van der Waals surface area contributed by atoms with Crippen molar-refractivity contribution in [3.05, 3.63) is 108 Å². The van der Waals surface area contributed by atoms with Crippen molar-refractivity contribution in [2.75, 3.05) is 6.54 Å². The Kier molecular flexibility index (Phi) is 6.66. The normalized spacial score (nSPS) is 15.2. The van der Waals surface area contributed by atoms with Gasteiger partial charge in [0, 0.05) is 18.9 Å². The molecule has 0 atom stereocenters. The predicted molar refractivity (Wildman–Crippen MR) is 124 cm³/mol. The first kappa shape index (κ1) is 21.8. The molecule has 0 bridgehead atoms. The van der Waals surface area contributed by atoms with Crippen molar-refractivity contribution < 1.29 is 13.2 Å². The van der Waals surface area contributed by atoms with E-state index in [9.17, 15) is 13.2 Å². The van der Waals surface area contributed by atoms with Gasteiger partial charge in [-0.15, -0.1) is 0 Å². The van der Waals surface area contributed by atoms with Crippen molar-refractivity contribution in [2.45, 2.75) is 25.8 Å². The van der Waals surface area contributed by atoms with Crippen LogP contribution in [0.5, 0.6) is 0 Å². The van der Waals surface area contributed by atoms with Crippen LogP contribution >= 0.6 is 0 Å². The third-order valence-corrected chi connectivity index (χ3v) is 7.19. The van der Waals surface area contributed by atoms with E-state index in [2.05, 4.69) is 22.4 Å². The molecule has 0 saturated carbocycles. The second kappa shape index (κ2) is 9.78. The number of hydrogen-bond acceptors (Lipinski definition) is 5. The molecular formula is C25H25N3O3S. The maximum Gasteiger partial charge on any atom is 0.285 e. The molecule has 1 aliphatic heterocycles. The molecule has 7 heteroatoms. The minimum atomic E-state index is -3.98. The van der Waals surface area contributed by atoms with Crippen LogP contribution in [0.3, 0.4) is 0 Å². The number of carbonyl (C=O) groups is 1. The number of carbonyl (C=O) groups excluding carboxylic acids is 1. The maximum atomic E-state index is 13.4. The molecule has 0 saturated heterocycles. The zero-order valence-electron chi connectivity index (χ0n) is 17.6. The van der Waals surface area contributed by atoms with Gasteiger partial charge in [0.1, 0.15) is 10.6 Å². The fourth-order valence-electron chi connectivity index (χ4n) is 3.73. The van der Waals surface area contributed by atoms with Gasteiger partial charge in [-0.05, 0) is 48.1 Å². The molecule has 1 amide bonds. The number of aryl methyl sites for hydroxylation is 1. The zero-order chi connectivity index (χ0) is 22.4. The van der Waals surface area contributed by atoms with E-state index in [-0.39, 0.29) is 17.1 Å². The molecule has 0 radical (unpaired) electrons. The van der Waals surface area contributed by atoms with Crippen molar-refractivity contribution in [1.29, 1.82) is 0 Å². The molecule has 6 nitrogen and oxygen atoms in total. The summed E-state index contributed by atoms with van der Waals surface area (Å²) in [5.74, 6) is -0.524. The molecule has 1 aliphatic rings. The van der Waals surface area contributed by atoms with Gasteiger partial charge in [-0.25, -0.2) is 12.7 Å². The van der Waals surface area contributed by atoms with E-state index in [0.29, 0.717) is 17.7 Å². The molecule has 3 aromatic rings. The van der Waals surface area contributed by atoms with Crippen LogP contribution in [0.1, 0.15) is 29.5 Å². The van der Waals surface area contributed by atoms with Crippen molar-refractivity contribution in [3.63, 3.8) is 0 Å². The number of rotatable bonds is 9. The lowest BCUT2D eigenvalue weighted by molar-refractivity contribution is -0.122. The predicted octanol–water partition coefficient (Wildman–Crippen LogP) is 3.73. The van der Waals surface area contributed by atoms with Crippen molar-refractivity contribution in [2.24, 2.45) is 0 Å². The van der Waals surface area contributed by atoms with E-state index < -0.39 is 15.9 Å². The smallest absolute Gasteiger partial charge is 0.285 e. The molecule has 4 rings (SSSR count). The molecule has 1 N–H and O–H groups in total. The van der Waals surface area contributed by atoms with Crippen LogP contribution < -0.4 is 5.32 Å². The van der Waals surface area contributed by atoms with E-state index in [1.54, 1.807) is 48.8 Å². The van der Waals surface area contributed by atoms with Crippen molar-refractivity contribution in [3.8, 4) is 0 Å². The van der Waals surface area contributed by atoms with Crippen LogP contribution in [0.25, 0.3) is 4.91 Å². The lowest BCUT2D eigenvalue weighted by Crippen LogP contribution is -2.33. The number of benzene rings is 2. The van der Waals surface area contributed by atoms with E-state index in [4.69, 9.17) is 0 Å². The van der Waals surface area contributed by atoms with Crippen LogP contribution in [0.2, 0.25) is 0 Å². The second-order valence-electron chi connectivity index (χ2n) is 7.61. The van der Waals surface area contributed by atoms with Gasteiger partial charge in [0.15, 0.2) is 0 Å². The second-order valence-corrected chi connectivity index (χ2v) is 9.41. The number of pyridine rings is 1. The first-order valence-electron chi connectivity index (χ1n) is 10.6. The van der Waals surface area contributed by atoms with E-state index in [0.717, 1.165) is 23.6 Å². The summed E-state index contributed by atoms with van der Waals surface area (Å²) < 4.78 is 27.7. The summed E-state index contributed by atoms with van der Waals surface area (Å²) in [6, 6.07) is 22.4. The Bertz CT molecular complexity index is 1190. The summed E-state index contributed by atoms with van der Waals surface area (Å²) in [7, 11) is -3.98. The molecule has 164 valence electrons. The van der Waals surface area contributed by atoms with Crippen LogP contribution in [-0.4, -0.2) is 30.2 Å². The van der Waals surface area contributed by atoms with Gasteiger partial charge in [-0.3, -0.25) is 9.78 Å². The summed E-state index contributed by atoms with van der Waals surface area (Å²) in [6.07, 6.45) is 5.86. The quantitative estimate of drug-likeness (QED) is 0.506. The van der Waals surface area contributed by atoms with Crippen LogP contribution in [0, 0.1) is 0 Å². The number of nitrogens with zero attached hydrogens (tertiary/aromatic N) is 2. The fourth-order valence-corrected chi connectivity index (χ4v) is 5.43. The molecule has 0 aliphatic carbocycles. The molecular weight excluding hydrogens is 422 g/mol. The Hall–Kier alpha value is -3.45. The molecule has 32 heavy (non-hydrogen) atoms. The van der Waals surface area contributed by atoms with Crippen molar-refractivity contribution >= 4 is 20.8 Å². The van der Waals surface area contributed by atoms with Gasteiger partial charge < -0.3 is 5.32 Å². The summed E-state index contributed by atoms with van der Waals surface area (Å²) in [6.45, 7) is 0.488. The largest absolute Gasteiger partial charge is 0.379 e. The Morgan fingerprint density at radius 1 is 0.812 bits per heavy atom. The average molecular weight is 448 g/mol. The highest BCUT2D eigenvalue weighted by Crippen LogP contribution is 2.35. The number of amides is 1. The molecule has 1 aromatic heterocycles. The highest BCUT2D eigenvalue weighted by atomic mass is 32.2. The van der Waals surface area contributed by atoms with Crippen LogP contribution in [0.4, 0.5) is 0 Å². The van der Waals surface area contributed by atoms with E-state index in [1.165, 1.54) is 5.56 Å². The van der Waals surface area contributed by atoms with Gasteiger partial charge in [0.2, 0.25) is 0 Å². The van der Waals surface area contributed by atoms with Gasteiger partial charge in [-0.1, -0.05) is 60.7 Å². The van der Waals surface area contributed by atoms with E-state index >= 15 is 0 Å². The zero-order valence-corrected chi connectivity index (χ0v) is 18.5. The lowest BCUT2D eigenvalue weighted by Gasteiger charge is -2.16. The van der Waals surface area contributed by atoms with Crippen LogP contribution in [-0.2, 0) is 27.8 Å². The van der Waals surface area contributed by atoms with Gasteiger partial charge in [0.05, 0.1) is 6.54 Å². The summed E-state index contributed by atoms with van der Waals surface area (Å²) in [5, 5.41) is 3.13. The highest BCUT2D eigenvalue weighted by molar-refractivity contribution is 7.99. The van der Waals surface area contributed by atoms with E-state index in [1.807, 2.05) is 24.3 Å². The number of sulfonamides is 1. The summed E-state index contributed by atoms with van der Waals surface area (Å²) in [5.41, 5.74) is 2.61. The summed E-state index contributed by atoms with van der Waals surface area (Å²) >= 11 is 0. The first-order valence-corrected chi connectivity index (χ1v) is 12.0. The molecule has 2 heterocycles. The molecule has 0 fully saturated rings. The topological polar surface area (TPSA) is 79.4 Å². The number of aromatic nitrogens is 1. The third kappa shape index (κ3) is 4.73. The Morgan fingerprint density at radius 2 is 1.47 bits per heavy atom.